The minimum atomic E-state index is -0.0952. The number of carbonyl (C=O) groups is 2. The number of nitrogens with one attached hydrogen (secondary N) is 1. The number of nitrogens with zero attached hydrogens (tertiary/aromatic N) is 3. The van der Waals surface area contributed by atoms with Crippen LogP contribution in [0.3, 0.4) is 0 Å². The standard InChI is InChI=1S/C16H24N4O3/c1-19-11-12(10-17-19)16(22)18-13-4-6-20(7-5-13)15(21)9-14-3-2-8-23-14/h10-11,13-14H,2-9H2,1H3,(H,18,22). The lowest BCUT2D eigenvalue weighted by molar-refractivity contribution is -0.134. The summed E-state index contributed by atoms with van der Waals surface area (Å²) in [6.45, 7) is 2.17. The molecule has 7 heteroatoms. The van der Waals surface area contributed by atoms with E-state index in [1.54, 1.807) is 24.1 Å². The van der Waals surface area contributed by atoms with Crippen molar-refractivity contribution in [2.45, 2.75) is 44.2 Å². The second kappa shape index (κ2) is 7.12. The molecule has 2 fully saturated rings. The molecule has 1 aromatic heterocycles. The summed E-state index contributed by atoms with van der Waals surface area (Å²) in [6.07, 6.45) is 7.50. The number of amides is 2. The third-order valence-electron chi connectivity index (χ3n) is 4.58. The van der Waals surface area contributed by atoms with Gasteiger partial charge in [-0.05, 0) is 25.7 Å². The molecule has 2 amide bonds. The molecule has 126 valence electrons. The summed E-state index contributed by atoms with van der Waals surface area (Å²) in [5.41, 5.74) is 0.574. The minimum Gasteiger partial charge on any atom is -0.378 e. The molecule has 1 unspecified atom stereocenters. The van der Waals surface area contributed by atoms with Crippen molar-refractivity contribution in [3.05, 3.63) is 18.0 Å². The van der Waals surface area contributed by atoms with E-state index in [1.165, 1.54) is 0 Å². The van der Waals surface area contributed by atoms with Crippen LogP contribution < -0.4 is 5.32 Å². The summed E-state index contributed by atoms with van der Waals surface area (Å²) in [6, 6.07) is 0.120. The normalized spacial score (nSPS) is 22.3. The largest absolute Gasteiger partial charge is 0.378 e. The van der Waals surface area contributed by atoms with E-state index >= 15 is 0 Å². The van der Waals surface area contributed by atoms with Crippen LogP contribution in [0.25, 0.3) is 0 Å². The molecule has 0 spiro atoms. The molecule has 0 saturated carbocycles. The Balaban J connectivity index is 1.42. The summed E-state index contributed by atoms with van der Waals surface area (Å²) < 4.78 is 7.14. The van der Waals surface area contributed by atoms with E-state index < -0.39 is 0 Å². The zero-order valence-electron chi connectivity index (χ0n) is 13.5. The minimum absolute atomic E-state index is 0.0952. The molecule has 0 bridgehead atoms. The number of rotatable bonds is 4. The average molecular weight is 320 g/mol. The number of hydrogen-bond acceptors (Lipinski definition) is 4. The molecule has 1 atom stereocenters. The van der Waals surface area contributed by atoms with Crippen molar-refractivity contribution >= 4 is 11.8 Å². The smallest absolute Gasteiger partial charge is 0.254 e. The van der Waals surface area contributed by atoms with Crippen molar-refractivity contribution in [2.24, 2.45) is 7.05 Å². The van der Waals surface area contributed by atoms with Gasteiger partial charge < -0.3 is 15.0 Å². The molecule has 3 heterocycles. The highest BCUT2D eigenvalue weighted by Gasteiger charge is 2.27. The van der Waals surface area contributed by atoms with Gasteiger partial charge in [-0.15, -0.1) is 0 Å². The Hall–Kier alpha value is -1.89. The maximum Gasteiger partial charge on any atom is 0.254 e. The summed E-state index contributed by atoms with van der Waals surface area (Å²) in [7, 11) is 1.79. The Morgan fingerprint density at radius 3 is 2.74 bits per heavy atom. The zero-order chi connectivity index (χ0) is 16.2. The van der Waals surface area contributed by atoms with Crippen LogP contribution in [-0.2, 0) is 16.6 Å². The average Bonchev–Trinajstić information content (AvgIpc) is 3.19. The lowest BCUT2D eigenvalue weighted by Crippen LogP contribution is -2.47. The summed E-state index contributed by atoms with van der Waals surface area (Å²) >= 11 is 0. The van der Waals surface area contributed by atoms with Gasteiger partial charge in [-0.3, -0.25) is 14.3 Å². The third kappa shape index (κ3) is 4.10. The second-order valence-corrected chi connectivity index (χ2v) is 6.37. The lowest BCUT2D eigenvalue weighted by Gasteiger charge is -2.32. The van der Waals surface area contributed by atoms with Gasteiger partial charge in [0.05, 0.1) is 24.3 Å². The number of ether oxygens (including phenoxy) is 1. The molecule has 0 aromatic carbocycles. The highest BCUT2D eigenvalue weighted by molar-refractivity contribution is 5.93. The molecule has 0 aliphatic carbocycles. The topological polar surface area (TPSA) is 76.5 Å². The summed E-state index contributed by atoms with van der Waals surface area (Å²) in [5.74, 6) is 0.0798. The number of piperidine rings is 1. The summed E-state index contributed by atoms with van der Waals surface area (Å²) in [5, 5.41) is 7.03. The maximum absolute atomic E-state index is 12.3. The number of aromatic nitrogens is 2. The fraction of sp³-hybridized carbons (Fsp3) is 0.688. The van der Waals surface area contributed by atoms with Crippen molar-refractivity contribution in [2.75, 3.05) is 19.7 Å². The monoisotopic (exact) mass is 320 g/mol. The van der Waals surface area contributed by atoms with Gasteiger partial charge in [-0.25, -0.2) is 0 Å². The van der Waals surface area contributed by atoms with Crippen LogP contribution in [0, 0.1) is 0 Å². The Kier molecular flexibility index (Phi) is 4.95. The van der Waals surface area contributed by atoms with E-state index in [1.807, 2.05) is 4.90 Å². The number of aryl methyl sites for hydroxylation is 1. The number of carbonyl (C=O) groups excluding carboxylic acids is 2. The molecule has 23 heavy (non-hydrogen) atoms. The van der Waals surface area contributed by atoms with Crippen LogP contribution in [-0.4, -0.2) is 58.3 Å². The van der Waals surface area contributed by atoms with E-state index in [-0.39, 0.29) is 24.0 Å². The molecule has 1 aromatic rings. The van der Waals surface area contributed by atoms with Gasteiger partial charge in [0.2, 0.25) is 5.91 Å². The Labute approximate surface area is 136 Å². The SMILES string of the molecule is Cn1cc(C(=O)NC2CCN(C(=O)CC3CCCO3)CC2)cn1. The first-order valence-electron chi connectivity index (χ1n) is 8.30. The molecular formula is C16H24N4O3. The molecule has 2 aliphatic rings. The first-order valence-corrected chi connectivity index (χ1v) is 8.30. The van der Waals surface area contributed by atoms with Crippen LogP contribution in [0.1, 0.15) is 42.5 Å². The second-order valence-electron chi connectivity index (χ2n) is 6.37. The van der Waals surface area contributed by atoms with E-state index in [2.05, 4.69) is 10.4 Å². The first-order chi connectivity index (χ1) is 11.1. The molecule has 1 N–H and O–H groups in total. The van der Waals surface area contributed by atoms with Crippen molar-refractivity contribution in [1.82, 2.24) is 20.0 Å². The molecule has 7 nitrogen and oxygen atoms in total. The van der Waals surface area contributed by atoms with Crippen LogP contribution >= 0.6 is 0 Å². The molecule has 3 rings (SSSR count). The Bertz CT molecular complexity index is 557. The van der Waals surface area contributed by atoms with Gasteiger partial charge in [0.15, 0.2) is 0 Å². The van der Waals surface area contributed by atoms with E-state index in [9.17, 15) is 9.59 Å². The van der Waals surface area contributed by atoms with Crippen LogP contribution in [0.2, 0.25) is 0 Å². The van der Waals surface area contributed by atoms with Gasteiger partial charge in [-0.2, -0.15) is 5.10 Å². The van der Waals surface area contributed by atoms with Crippen LogP contribution in [0.5, 0.6) is 0 Å². The third-order valence-corrected chi connectivity index (χ3v) is 4.58. The van der Waals surface area contributed by atoms with Crippen LogP contribution in [0.4, 0.5) is 0 Å². The number of likely N-dealkylation sites (tertiary alicyclic amines) is 1. The van der Waals surface area contributed by atoms with E-state index in [4.69, 9.17) is 4.74 Å². The molecule has 0 radical (unpaired) electrons. The van der Waals surface area contributed by atoms with Gasteiger partial charge in [0, 0.05) is 39.0 Å². The van der Waals surface area contributed by atoms with Crippen molar-refractivity contribution < 1.29 is 14.3 Å². The van der Waals surface area contributed by atoms with Crippen molar-refractivity contribution in [1.29, 1.82) is 0 Å². The van der Waals surface area contributed by atoms with E-state index in [0.29, 0.717) is 25.1 Å². The van der Waals surface area contributed by atoms with Gasteiger partial charge in [-0.1, -0.05) is 0 Å². The fourth-order valence-electron chi connectivity index (χ4n) is 3.21. The Morgan fingerprint density at radius 2 is 2.13 bits per heavy atom. The summed E-state index contributed by atoms with van der Waals surface area (Å²) in [4.78, 5) is 26.3. The van der Waals surface area contributed by atoms with Crippen LogP contribution in [0.15, 0.2) is 12.4 Å². The van der Waals surface area contributed by atoms with E-state index in [0.717, 1.165) is 32.3 Å². The molecule has 2 aliphatic heterocycles. The van der Waals surface area contributed by atoms with Gasteiger partial charge in [0.1, 0.15) is 0 Å². The highest BCUT2D eigenvalue weighted by atomic mass is 16.5. The zero-order valence-corrected chi connectivity index (χ0v) is 13.5. The molecular weight excluding hydrogens is 296 g/mol. The predicted octanol–water partition coefficient (Wildman–Crippen LogP) is 0.710. The first kappa shape index (κ1) is 16.0. The Morgan fingerprint density at radius 1 is 1.35 bits per heavy atom. The highest BCUT2D eigenvalue weighted by Crippen LogP contribution is 2.18. The quantitative estimate of drug-likeness (QED) is 0.886. The number of hydrogen-bond donors (Lipinski definition) is 1. The molecule has 2 saturated heterocycles. The van der Waals surface area contributed by atoms with Crippen molar-refractivity contribution in [3.63, 3.8) is 0 Å². The predicted molar refractivity (Wildman–Crippen MR) is 83.9 cm³/mol. The van der Waals surface area contributed by atoms with Crippen molar-refractivity contribution in [3.8, 4) is 0 Å². The van der Waals surface area contributed by atoms with Gasteiger partial charge in [0.25, 0.3) is 5.91 Å². The lowest BCUT2D eigenvalue weighted by atomic mass is 10.0. The van der Waals surface area contributed by atoms with Gasteiger partial charge >= 0.3 is 0 Å². The fourth-order valence-corrected chi connectivity index (χ4v) is 3.21. The maximum atomic E-state index is 12.3.